The number of nitrogens with one attached hydrogen (secondary N) is 1. The third-order valence-electron chi connectivity index (χ3n) is 3.06. The maximum Gasteiger partial charge on any atom is 0.124 e. The molecule has 20 heavy (non-hydrogen) atoms. The Morgan fingerprint density at radius 1 is 1.35 bits per heavy atom. The van der Waals surface area contributed by atoms with Crippen LogP contribution in [0.25, 0.3) is 0 Å². The average molecular weight is 338 g/mol. The fourth-order valence-electron chi connectivity index (χ4n) is 1.99. The van der Waals surface area contributed by atoms with Crippen molar-refractivity contribution in [1.82, 2.24) is 15.1 Å². The molecule has 0 atom stereocenters. The summed E-state index contributed by atoms with van der Waals surface area (Å²) in [5, 5.41) is 7.81. The van der Waals surface area contributed by atoms with Gasteiger partial charge in [0.25, 0.3) is 0 Å². The van der Waals surface area contributed by atoms with Crippen molar-refractivity contribution in [2.45, 2.75) is 33.0 Å². The van der Waals surface area contributed by atoms with Crippen LogP contribution in [-0.4, -0.2) is 22.9 Å². The van der Waals surface area contributed by atoms with Gasteiger partial charge in [-0.25, -0.2) is 0 Å². The molecular weight excluding hydrogens is 318 g/mol. The summed E-state index contributed by atoms with van der Waals surface area (Å²) in [4.78, 5) is 0. The Labute approximate surface area is 128 Å². The molecule has 0 radical (unpaired) electrons. The monoisotopic (exact) mass is 337 g/mol. The highest BCUT2D eigenvalue weighted by Crippen LogP contribution is 2.24. The molecule has 0 aliphatic heterocycles. The average Bonchev–Trinajstić information content (AvgIpc) is 2.84. The molecule has 0 aliphatic carbocycles. The first kappa shape index (κ1) is 15.1. The van der Waals surface area contributed by atoms with E-state index in [2.05, 4.69) is 46.3 Å². The third-order valence-corrected chi connectivity index (χ3v) is 3.55. The lowest BCUT2D eigenvalue weighted by molar-refractivity contribution is 0.406. The molecule has 1 aromatic heterocycles. The van der Waals surface area contributed by atoms with Gasteiger partial charge in [0.1, 0.15) is 5.75 Å². The third kappa shape index (κ3) is 3.84. The molecular formula is C15H20BrN3O. The quantitative estimate of drug-likeness (QED) is 0.879. The van der Waals surface area contributed by atoms with Crippen LogP contribution in [0.15, 0.2) is 34.9 Å². The number of aromatic nitrogens is 2. The molecule has 0 unspecified atom stereocenters. The first-order chi connectivity index (χ1) is 9.60. The summed E-state index contributed by atoms with van der Waals surface area (Å²) in [5.74, 6) is 0.881. The van der Waals surface area contributed by atoms with E-state index in [-0.39, 0.29) is 0 Å². The molecule has 4 nitrogen and oxygen atoms in total. The van der Waals surface area contributed by atoms with E-state index in [0.717, 1.165) is 22.3 Å². The number of benzene rings is 1. The van der Waals surface area contributed by atoms with E-state index in [4.69, 9.17) is 4.74 Å². The number of hydrogen-bond donors (Lipinski definition) is 1. The lowest BCUT2D eigenvalue weighted by Crippen LogP contribution is -2.23. The van der Waals surface area contributed by atoms with Gasteiger partial charge in [0.2, 0.25) is 0 Å². The van der Waals surface area contributed by atoms with Crippen LogP contribution >= 0.6 is 15.9 Å². The van der Waals surface area contributed by atoms with Crippen LogP contribution in [0.3, 0.4) is 0 Å². The number of nitrogens with zero attached hydrogens (tertiary/aromatic N) is 2. The van der Waals surface area contributed by atoms with Crippen molar-refractivity contribution in [2.75, 3.05) is 7.11 Å². The van der Waals surface area contributed by atoms with Crippen LogP contribution in [0.5, 0.6) is 5.75 Å². The molecule has 1 N–H and O–H groups in total. The van der Waals surface area contributed by atoms with Gasteiger partial charge >= 0.3 is 0 Å². The SMILES string of the molecule is COc1ccc(Br)cc1Cn1nccc1CNC(C)C. The largest absolute Gasteiger partial charge is 0.496 e. The van der Waals surface area contributed by atoms with Crippen molar-refractivity contribution >= 4 is 15.9 Å². The van der Waals surface area contributed by atoms with Crippen LogP contribution in [-0.2, 0) is 13.1 Å². The second kappa shape index (κ2) is 6.90. The normalized spacial score (nSPS) is 11.1. The van der Waals surface area contributed by atoms with Gasteiger partial charge in [-0.1, -0.05) is 29.8 Å². The summed E-state index contributed by atoms with van der Waals surface area (Å²) in [6.45, 7) is 5.79. The van der Waals surface area contributed by atoms with Crippen molar-refractivity contribution in [3.05, 3.63) is 46.2 Å². The maximum atomic E-state index is 5.41. The molecule has 1 heterocycles. The Morgan fingerprint density at radius 2 is 2.15 bits per heavy atom. The maximum absolute atomic E-state index is 5.41. The van der Waals surface area contributed by atoms with Crippen molar-refractivity contribution in [1.29, 1.82) is 0 Å². The number of ether oxygens (including phenoxy) is 1. The molecule has 0 amide bonds. The van der Waals surface area contributed by atoms with E-state index in [1.165, 1.54) is 5.69 Å². The van der Waals surface area contributed by atoms with E-state index in [0.29, 0.717) is 12.6 Å². The fourth-order valence-corrected chi connectivity index (χ4v) is 2.40. The van der Waals surface area contributed by atoms with Crippen LogP contribution < -0.4 is 10.1 Å². The topological polar surface area (TPSA) is 39.1 Å². The summed E-state index contributed by atoms with van der Waals surface area (Å²) in [5.41, 5.74) is 2.28. The molecule has 2 aromatic rings. The van der Waals surface area contributed by atoms with Crippen LogP contribution in [0, 0.1) is 0 Å². The fraction of sp³-hybridized carbons (Fsp3) is 0.400. The molecule has 0 saturated carbocycles. The zero-order chi connectivity index (χ0) is 14.5. The first-order valence-electron chi connectivity index (χ1n) is 6.66. The summed E-state index contributed by atoms with van der Waals surface area (Å²) in [7, 11) is 1.69. The van der Waals surface area contributed by atoms with Crippen molar-refractivity contribution in [3.63, 3.8) is 0 Å². The van der Waals surface area contributed by atoms with E-state index in [1.54, 1.807) is 7.11 Å². The van der Waals surface area contributed by atoms with E-state index in [9.17, 15) is 0 Å². The minimum atomic E-state index is 0.457. The van der Waals surface area contributed by atoms with Crippen molar-refractivity contribution < 1.29 is 4.74 Å². The summed E-state index contributed by atoms with van der Waals surface area (Å²) in [6.07, 6.45) is 1.84. The summed E-state index contributed by atoms with van der Waals surface area (Å²) in [6, 6.07) is 8.51. The molecule has 5 heteroatoms. The zero-order valence-corrected chi connectivity index (χ0v) is 13.6. The van der Waals surface area contributed by atoms with Gasteiger partial charge in [-0.05, 0) is 24.3 Å². The Kier molecular flexibility index (Phi) is 5.20. The van der Waals surface area contributed by atoms with Crippen LogP contribution in [0.2, 0.25) is 0 Å². The molecule has 0 bridgehead atoms. The van der Waals surface area contributed by atoms with Gasteiger partial charge in [0, 0.05) is 28.8 Å². The zero-order valence-electron chi connectivity index (χ0n) is 12.1. The minimum Gasteiger partial charge on any atom is -0.496 e. The lowest BCUT2D eigenvalue weighted by Gasteiger charge is -2.13. The molecule has 0 aliphatic rings. The highest BCUT2D eigenvalue weighted by molar-refractivity contribution is 9.10. The van der Waals surface area contributed by atoms with Crippen LogP contribution in [0.1, 0.15) is 25.1 Å². The van der Waals surface area contributed by atoms with E-state index >= 15 is 0 Å². The highest BCUT2D eigenvalue weighted by atomic mass is 79.9. The van der Waals surface area contributed by atoms with Gasteiger partial charge < -0.3 is 10.1 Å². The highest BCUT2D eigenvalue weighted by Gasteiger charge is 2.08. The molecule has 1 aromatic carbocycles. The number of hydrogen-bond acceptors (Lipinski definition) is 3. The van der Waals surface area contributed by atoms with Crippen LogP contribution in [0.4, 0.5) is 0 Å². The van der Waals surface area contributed by atoms with Gasteiger partial charge in [-0.2, -0.15) is 5.10 Å². The molecule has 0 fully saturated rings. The molecule has 108 valence electrons. The van der Waals surface area contributed by atoms with E-state index in [1.807, 2.05) is 29.1 Å². The van der Waals surface area contributed by atoms with Gasteiger partial charge in [0.05, 0.1) is 19.3 Å². The lowest BCUT2D eigenvalue weighted by atomic mass is 10.2. The molecule has 0 spiro atoms. The second-order valence-electron chi connectivity index (χ2n) is 4.97. The number of rotatable bonds is 6. The Morgan fingerprint density at radius 3 is 2.85 bits per heavy atom. The Balaban J connectivity index is 2.18. The predicted molar refractivity (Wildman–Crippen MR) is 84.0 cm³/mol. The Bertz CT molecular complexity index is 566. The molecule has 0 saturated heterocycles. The second-order valence-corrected chi connectivity index (χ2v) is 5.89. The predicted octanol–water partition coefficient (Wildman–Crippen LogP) is 3.20. The first-order valence-corrected chi connectivity index (χ1v) is 7.46. The van der Waals surface area contributed by atoms with Crippen molar-refractivity contribution in [2.24, 2.45) is 0 Å². The minimum absolute atomic E-state index is 0.457. The standard InChI is InChI=1S/C15H20BrN3O/c1-11(2)17-9-14-6-7-18-19(14)10-12-8-13(16)4-5-15(12)20-3/h4-8,11,17H,9-10H2,1-3H3. The van der Waals surface area contributed by atoms with Crippen molar-refractivity contribution in [3.8, 4) is 5.75 Å². The van der Waals surface area contributed by atoms with Gasteiger partial charge in [0.15, 0.2) is 0 Å². The summed E-state index contributed by atoms with van der Waals surface area (Å²) >= 11 is 3.50. The summed E-state index contributed by atoms with van der Waals surface area (Å²) < 4.78 is 8.45. The smallest absolute Gasteiger partial charge is 0.124 e. The number of methoxy groups -OCH3 is 1. The molecule has 2 rings (SSSR count). The van der Waals surface area contributed by atoms with Gasteiger partial charge in [-0.15, -0.1) is 0 Å². The van der Waals surface area contributed by atoms with Gasteiger partial charge in [-0.3, -0.25) is 4.68 Å². The Hall–Kier alpha value is -1.33. The number of halogens is 1. The van der Waals surface area contributed by atoms with E-state index < -0.39 is 0 Å².